The maximum absolute atomic E-state index is 4.74. The second-order valence-electron chi connectivity index (χ2n) is 5.11. The van der Waals surface area contributed by atoms with E-state index in [0.717, 1.165) is 17.3 Å². The Morgan fingerprint density at radius 1 is 1.29 bits per heavy atom. The Kier molecular flexibility index (Phi) is 2.05. The van der Waals surface area contributed by atoms with Crippen LogP contribution in [0.15, 0.2) is 0 Å². The van der Waals surface area contributed by atoms with E-state index in [0.29, 0.717) is 17.9 Å². The van der Waals surface area contributed by atoms with Gasteiger partial charge in [-0.2, -0.15) is 9.61 Å². The lowest BCUT2D eigenvalue weighted by Gasteiger charge is -2.10. The normalized spacial score (nSPS) is 29.2. The van der Waals surface area contributed by atoms with E-state index in [1.807, 2.05) is 4.52 Å². The van der Waals surface area contributed by atoms with Gasteiger partial charge in [0.25, 0.3) is 0 Å². The van der Waals surface area contributed by atoms with Crippen molar-refractivity contribution in [2.24, 2.45) is 0 Å². The minimum Gasteiger partial charge on any atom is -0.314 e. The zero-order valence-electron chi connectivity index (χ0n) is 9.76. The predicted molar refractivity (Wildman–Crippen MR) is 65.5 cm³/mol. The molecule has 1 saturated carbocycles. The van der Waals surface area contributed by atoms with E-state index in [9.17, 15) is 0 Å². The van der Waals surface area contributed by atoms with Gasteiger partial charge in [-0.25, -0.2) is 0 Å². The fourth-order valence-corrected chi connectivity index (χ4v) is 3.67. The van der Waals surface area contributed by atoms with Crippen molar-refractivity contribution in [2.75, 3.05) is 6.54 Å². The van der Waals surface area contributed by atoms with Gasteiger partial charge in [0.05, 0.1) is 0 Å². The fourth-order valence-electron chi connectivity index (χ4n) is 2.59. The number of aromatic nitrogens is 4. The summed E-state index contributed by atoms with van der Waals surface area (Å²) >= 11 is 1.70. The van der Waals surface area contributed by atoms with Gasteiger partial charge in [0, 0.05) is 17.9 Å². The molecule has 6 heteroatoms. The molecule has 0 aromatic carbocycles. The minimum absolute atomic E-state index is 0.531. The molecule has 0 spiro atoms. The first kappa shape index (κ1) is 9.96. The molecule has 0 radical (unpaired) electrons. The summed E-state index contributed by atoms with van der Waals surface area (Å²) in [6, 6.07) is 0.531. The molecule has 1 aliphatic heterocycles. The number of hydrogen-bond acceptors (Lipinski definition) is 5. The summed E-state index contributed by atoms with van der Waals surface area (Å²) < 4.78 is 1.97. The Hall–Kier alpha value is -1.01. The number of nitrogens with zero attached hydrogens (tertiary/aromatic N) is 4. The van der Waals surface area contributed by atoms with E-state index in [2.05, 4.69) is 22.4 Å². The Balaban J connectivity index is 1.76. The largest absolute Gasteiger partial charge is 0.314 e. The zero-order valence-corrected chi connectivity index (χ0v) is 10.6. The Labute approximate surface area is 103 Å². The molecular weight excluding hydrogens is 234 g/mol. The summed E-state index contributed by atoms with van der Waals surface area (Å²) in [5.74, 6) is 2.23. The molecule has 1 N–H and O–H groups in total. The Morgan fingerprint density at radius 2 is 2.18 bits per heavy atom. The molecule has 2 fully saturated rings. The molecule has 2 aromatic rings. The van der Waals surface area contributed by atoms with Crippen molar-refractivity contribution in [3.8, 4) is 0 Å². The van der Waals surface area contributed by atoms with Crippen LogP contribution in [-0.4, -0.2) is 32.4 Å². The van der Waals surface area contributed by atoms with Crippen molar-refractivity contribution < 1.29 is 0 Å². The second kappa shape index (κ2) is 3.49. The lowest BCUT2D eigenvalue weighted by Crippen LogP contribution is -2.21. The Morgan fingerprint density at radius 3 is 2.88 bits per heavy atom. The first-order valence-corrected chi connectivity index (χ1v) is 7.10. The maximum Gasteiger partial charge on any atom is 0.234 e. The molecule has 1 saturated heterocycles. The van der Waals surface area contributed by atoms with E-state index >= 15 is 0 Å². The van der Waals surface area contributed by atoms with Crippen LogP contribution in [0, 0.1) is 0 Å². The summed E-state index contributed by atoms with van der Waals surface area (Å²) in [6.07, 6.45) is 3.67. The van der Waals surface area contributed by atoms with Gasteiger partial charge >= 0.3 is 0 Å². The van der Waals surface area contributed by atoms with Crippen LogP contribution in [0.3, 0.4) is 0 Å². The quantitative estimate of drug-likeness (QED) is 0.877. The van der Waals surface area contributed by atoms with Crippen LogP contribution >= 0.6 is 11.3 Å². The number of rotatable bonds is 2. The van der Waals surface area contributed by atoms with Crippen LogP contribution in [-0.2, 0) is 0 Å². The van der Waals surface area contributed by atoms with E-state index in [-0.39, 0.29) is 0 Å². The fraction of sp³-hybridized carbons (Fsp3) is 0.727. The molecule has 5 nitrogen and oxygen atoms in total. The zero-order chi connectivity index (χ0) is 11.4. The average Bonchev–Trinajstić information content (AvgIpc) is 2.75. The summed E-state index contributed by atoms with van der Waals surface area (Å²) in [7, 11) is 0. The molecule has 2 unspecified atom stereocenters. The van der Waals surface area contributed by atoms with Crippen molar-refractivity contribution >= 4 is 16.3 Å². The van der Waals surface area contributed by atoms with Gasteiger partial charge in [-0.15, -0.1) is 10.2 Å². The van der Waals surface area contributed by atoms with Crippen molar-refractivity contribution in [1.82, 2.24) is 25.1 Å². The van der Waals surface area contributed by atoms with Crippen molar-refractivity contribution in [3.05, 3.63) is 10.8 Å². The topological polar surface area (TPSA) is 55.1 Å². The lowest BCUT2D eigenvalue weighted by molar-refractivity contribution is 0.583. The van der Waals surface area contributed by atoms with Crippen LogP contribution in [0.4, 0.5) is 0 Å². The third-order valence-electron chi connectivity index (χ3n) is 3.82. The van der Waals surface area contributed by atoms with E-state index < -0.39 is 0 Å². The summed E-state index contributed by atoms with van der Waals surface area (Å²) in [4.78, 5) is 0.959. The minimum atomic E-state index is 0.531. The third-order valence-corrected chi connectivity index (χ3v) is 4.85. The SMILES string of the molecule is CC1NCCC1c1nn2c(C3CC3)nnc2s1. The van der Waals surface area contributed by atoms with Crippen LogP contribution in [0.1, 0.15) is 48.9 Å². The van der Waals surface area contributed by atoms with Gasteiger partial charge in [0.1, 0.15) is 5.01 Å². The summed E-state index contributed by atoms with van der Waals surface area (Å²) in [6.45, 7) is 3.34. The van der Waals surface area contributed by atoms with Gasteiger partial charge in [-0.1, -0.05) is 11.3 Å². The average molecular weight is 249 g/mol. The number of hydrogen-bond donors (Lipinski definition) is 1. The molecule has 90 valence electrons. The third kappa shape index (κ3) is 1.51. The van der Waals surface area contributed by atoms with Gasteiger partial charge < -0.3 is 5.32 Å². The highest BCUT2D eigenvalue weighted by Crippen LogP contribution is 2.40. The maximum atomic E-state index is 4.74. The molecule has 0 amide bonds. The van der Waals surface area contributed by atoms with Gasteiger partial charge in [0.2, 0.25) is 4.96 Å². The highest BCUT2D eigenvalue weighted by Gasteiger charge is 2.32. The van der Waals surface area contributed by atoms with Crippen molar-refractivity contribution in [1.29, 1.82) is 0 Å². The van der Waals surface area contributed by atoms with Crippen LogP contribution in [0.25, 0.3) is 4.96 Å². The number of nitrogens with one attached hydrogen (secondary N) is 1. The van der Waals surface area contributed by atoms with Gasteiger partial charge in [0.15, 0.2) is 5.82 Å². The molecule has 3 heterocycles. The highest BCUT2D eigenvalue weighted by atomic mass is 32.1. The van der Waals surface area contributed by atoms with E-state index in [4.69, 9.17) is 5.10 Å². The molecular formula is C11H15N5S. The lowest BCUT2D eigenvalue weighted by atomic mass is 10.0. The van der Waals surface area contributed by atoms with Crippen molar-refractivity contribution in [2.45, 2.75) is 44.1 Å². The molecule has 2 aromatic heterocycles. The van der Waals surface area contributed by atoms with E-state index in [1.54, 1.807) is 11.3 Å². The highest BCUT2D eigenvalue weighted by molar-refractivity contribution is 7.16. The van der Waals surface area contributed by atoms with E-state index in [1.165, 1.54) is 24.3 Å². The molecule has 0 bridgehead atoms. The van der Waals surface area contributed by atoms with Crippen LogP contribution < -0.4 is 5.32 Å². The first-order chi connectivity index (χ1) is 8.33. The molecule has 4 rings (SSSR count). The smallest absolute Gasteiger partial charge is 0.234 e. The monoisotopic (exact) mass is 249 g/mol. The molecule has 2 atom stereocenters. The molecule has 17 heavy (non-hydrogen) atoms. The first-order valence-electron chi connectivity index (χ1n) is 6.28. The standard InChI is InChI=1S/C11H15N5S/c1-6-8(4-5-12-6)10-15-16-9(7-2-3-7)13-14-11(16)17-10/h6-8,12H,2-5H2,1H3. The van der Waals surface area contributed by atoms with Crippen molar-refractivity contribution in [3.63, 3.8) is 0 Å². The Bertz CT molecular complexity index is 555. The molecule has 1 aliphatic carbocycles. The van der Waals surface area contributed by atoms with Gasteiger partial charge in [-0.3, -0.25) is 0 Å². The summed E-state index contributed by atoms with van der Waals surface area (Å²) in [5.41, 5.74) is 0. The second-order valence-corrected chi connectivity index (χ2v) is 6.09. The number of fused-ring (bicyclic) bond motifs is 1. The van der Waals surface area contributed by atoms with Crippen LogP contribution in [0.2, 0.25) is 0 Å². The molecule has 2 aliphatic rings. The predicted octanol–water partition coefficient (Wildman–Crippen LogP) is 1.53. The van der Waals surface area contributed by atoms with Crippen LogP contribution in [0.5, 0.6) is 0 Å². The summed E-state index contributed by atoms with van der Waals surface area (Å²) in [5, 5.41) is 17.9. The van der Waals surface area contributed by atoms with Gasteiger partial charge in [-0.05, 0) is 32.7 Å².